The predicted octanol–water partition coefficient (Wildman–Crippen LogP) is 3.84. The molecule has 2 rings (SSSR count). The normalized spacial score (nSPS) is 10.2. The Labute approximate surface area is 120 Å². The summed E-state index contributed by atoms with van der Waals surface area (Å²) in [5, 5.41) is 0.485. The van der Waals surface area contributed by atoms with Gasteiger partial charge in [-0.3, -0.25) is 0 Å². The summed E-state index contributed by atoms with van der Waals surface area (Å²) < 4.78 is 23.7. The molecule has 0 spiro atoms. The standard InChI is InChI=1S/C15H12ClFO3/c1-19-15(18)11-7-6-10(8-13(11)17)9-20-14-5-3-2-4-12(14)16/h2-8H,9H2,1H3. The van der Waals surface area contributed by atoms with Crippen molar-refractivity contribution in [2.24, 2.45) is 0 Å². The number of ether oxygens (including phenoxy) is 2. The fourth-order valence-electron chi connectivity index (χ4n) is 1.65. The minimum atomic E-state index is -0.707. The summed E-state index contributed by atoms with van der Waals surface area (Å²) in [6.45, 7) is 0.155. The van der Waals surface area contributed by atoms with Gasteiger partial charge in [0.2, 0.25) is 0 Å². The van der Waals surface area contributed by atoms with E-state index >= 15 is 0 Å². The van der Waals surface area contributed by atoms with E-state index < -0.39 is 11.8 Å². The van der Waals surface area contributed by atoms with Crippen LogP contribution in [0.25, 0.3) is 0 Å². The molecule has 0 radical (unpaired) electrons. The zero-order valence-electron chi connectivity index (χ0n) is 10.7. The zero-order chi connectivity index (χ0) is 14.5. The minimum Gasteiger partial charge on any atom is -0.487 e. The molecule has 0 bridgehead atoms. The van der Waals surface area contributed by atoms with E-state index in [0.29, 0.717) is 16.3 Å². The van der Waals surface area contributed by atoms with Crippen LogP contribution in [0.3, 0.4) is 0 Å². The van der Waals surface area contributed by atoms with Crippen LogP contribution < -0.4 is 4.74 Å². The summed E-state index contributed by atoms with van der Waals surface area (Å²) in [5.74, 6) is -0.829. The summed E-state index contributed by atoms with van der Waals surface area (Å²) >= 11 is 5.95. The van der Waals surface area contributed by atoms with Crippen molar-refractivity contribution in [3.8, 4) is 5.75 Å². The summed E-state index contributed by atoms with van der Waals surface area (Å²) in [6, 6.07) is 11.2. The zero-order valence-corrected chi connectivity index (χ0v) is 11.5. The van der Waals surface area contributed by atoms with Crippen molar-refractivity contribution in [2.45, 2.75) is 6.61 Å². The molecule has 104 valence electrons. The van der Waals surface area contributed by atoms with E-state index in [9.17, 15) is 9.18 Å². The van der Waals surface area contributed by atoms with Crippen LogP contribution in [-0.2, 0) is 11.3 Å². The maximum absolute atomic E-state index is 13.7. The van der Waals surface area contributed by atoms with Gasteiger partial charge in [-0.1, -0.05) is 29.8 Å². The van der Waals surface area contributed by atoms with Gasteiger partial charge in [-0.15, -0.1) is 0 Å². The van der Waals surface area contributed by atoms with E-state index in [2.05, 4.69) is 4.74 Å². The number of halogens is 2. The number of esters is 1. The largest absolute Gasteiger partial charge is 0.487 e. The van der Waals surface area contributed by atoms with Gasteiger partial charge in [0.25, 0.3) is 0 Å². The van der Waals surface area contributed by atoms with Gasteiger partial charge in [-0.05, 0) is 29.8 Å². The highest BCUT2D eigenvalue weighted by atomic mass is 35.5. The molecule has 0 saturated heterocycles. The summed E-state index contributed by atoms with van der Waals surface area (Å²) in [4.78, 5) is 11.3. The Morgan fingerprint density at radius 1 is 1.25 bits per heavy atom. The monoisotopic (exact) mass is 294 g/mol. The van der Waals surface area contributed by atoms with Crippen molar-refractivity contribution >= 4 is 17.6 Å². The van der Waals surface area contributed by atoms with E-state index in [0.717, 1.165) is 0 Å². The first kappa shape index (κ1) is 14.3. The number of carbonyl (C=O) groups is 1. The van der Waals surface area contributed by atoms with Crippen LogP contribution in [0.2, 0.25) is 5.02 Å². The lowest BCUT2D eigenvalue weighted by Crippen LogP contribution is -2.05. The van der Waals surface area contributed by atoms with E-state index in [1.165, 1.54) is 19.2 Å². The molecule has 0 heterocycles. The second-order valence-electron chi connectivity index (χ2n) is 4.02. The molecule has 0 atom stereocenters. The number of methoxy groups -OCH3 is 1. The molecular formula is C15H12ClFO3. The van der Waals surface area contributed by atoms with Crippen LogP contribution in [0.5, 0.6) is 5.75 Å². The maximum atomic E-state index is 13.7. The first-order valence-electron chi connectivity index (χ1n) is 5.86. The second-order valence-corrected chi connectivity index (χ2v) is 4.43. The first-order chi connectivity index (χ1) is 9.61. The number of para-hydroxylation sites is 1. The predicted molar refractivity (Wildman–Crippen MR) is 73.5 cm³/mol. The Bertz CT molecular complexity index is 628. The van der Waals surface area contributed by atoms with Crippen LogP contribution in [-0.4, -0.2) is 13.1 Å². The van der Waals surface area contributed by atoms with Crippen molar-refractivity contribution in [2.75, 3.05) is 7.11 Å². The third-order valence-corrected chi connectivity index (χ3v) is 2.98. The van der Waals surface area contributed by atoms with Gasteiger partial charge in [0.1, 0.15) is 18.2 Å². The number of hydrogen-bond acceptors (Lipinski definition) is 3. The summed E-state index contributed by atoms with van der Waals surface area (Å²) in [6.07, 6.45) is 0. The molecule has 0 aliphatic rings. The highest BCUT2D eigenvalue weighted by Crippen LogP contribution is 2.24. The third-order valence-electron chi connectivity index (χ3n) is 2.67. The smallest absolute Gasteiger partial charge is 0.340 e. The quantitative estimate of drug-likeness (QED) is 0.804. The van der Waals surface area contributed by atoms with Gasteiger partial charge < -0.3 is 9.47 Å². The fraction of sp³-hybridized carbons (Fsp3) is 0.133. The van der Waals surface area contributed by atoms with Crippen molar-refractivity contribution in [3.63, 3.8) is 0 Å². The minimum absolute atomic E-state index is 0.103. The molecule has 0 aliphatic heterocycles. The van der Waals surface area contributed by atoms with Gasteiger partial charge >= 0.3 is 5.97 Å². The maximum Gasteiger partial charge on any atom is 0.340 e. The SMILES string of the molecule is COC(=O)c1ccc(COc2ccccc2Cl)cc1F. The molecule has 0 saturated carbocycles. The molecule has 0 N–H and O–H groups in total. The molecule has 2 aromatic carbocycles. The van der Waals surface area contributed by atoms with Crippen LogP contribution in [0.1, 0.15) is 15.9 Å². The summed E-state index contributed by atoms with van der Waals surface area (Å²) in [5.41, 5.74) is 0.490. The Morgan fingerprint density at radius 3 is 2.65 bits per heavy atom. The Kier molecular flexibility index (Phi) is 4.58. The molecule has 0 amide bonds. The van der Waals surface area contributed by atoms with Crippen molar-refractivity contribution in [3.05, 3.63) is 64.4 Å². The van der Waals surface area contributed by atoms with Gasteiger partial charge in [-0.25, -0.2) is 9.18 Å². The lowest BCUT2D eigenvalue weighted by Gasteiger charge is -2.09. The number of hydrogen-bond donors (Lipinski definition) is 0. The van der Waals surface area contributed by atoms with Crippen LogP contribution >= 0.6 is 11.6 Å². The molecule has 0 unspecified atom stereocenters. The molecule has 0 aliphatic carbocycles. The lowest BCUT2D eigenvalue weighted by molar-refractivity contribution is 0.0595. The topological polar surface area (TPSA) is 35.5 Å². The summed E-state index contributed by atoms with van der Waals surface area (Å²) in [7, 11) is 1.20. The van der Waals surface area contributed by atoms with E-state index in [1.54, 1.807) is 30.3 Å². The van der Waals surface area contributed by atoms with Gasteiger partial charge in [0.05, 0.1) is 17.7 Å². The van der Waals surface area contributed by atoms with Crippen molar-refractivity contribution in [1.29, 1.82) is 0 Å². The highest BCUT2D eigenvalue weighted by Gasteiger charge is 2.12. The Hall–Kier alpha value is -2.07. The molecule has 2 aromatic rings. The highest BCUT2D eigenvalue weighted by molar-refractivity contribution is 6.32. The van der Waals surface area contributed by atoms with E-state index in [1.807, 2.05) is 0 Å². The van der Waals surface area contributed by atoms with Crippen molar-refractivity contribution < 1.29 is 18.7 Å². The Balaban J connectivity index is 2.10. The van der Waals surface area contributed by atoms with E-state index in [-0.39, 0.29) is 12.2 Å². The van der Waals surface area contributed by atoms with Crippen LogP contribution in [0.4, 0.5) is 4.39 Å². The third kappa shape index (κ3) is 3.27. The molecule has 3 nitrogen and oxygen atoms in total. The molecule has 5 heteroatoms. The van der Waals surface area contributed by atoms with E-state index in [4.69, 9.17) is 16.3 Å². The number of rotatable bonds is 4. The molecule has 0 aromatic heterocycles. The average Bonchev–Trinajstić information content (AvgIpc) is 2.46. The van der Waals surface area contributed by atoms with Crippen molar-refractivity contribution in [1.82, 2.24) is 0 Å². The van der Waals surface area contributed by atoms with Crippen LogP contribution in [0, 0.1) is 5.82 Å². The number of benzene rings is 2. The lowest BCUT2D eigenvalue weighted by atomic mass is 10.1. The first-order valence-corrected chi connectivity index (χ1v) is 6.23. The number of carbonyl (C=O) groups excluding carboxylic acids is 1. The van der Waals surface area contributed by atoms with Crippen LogP contribution in [0.15, 0.2) is 42.5 Å². The van der Waals surface area contributed by atoms with Gasteiger partial charge in [0.15, 0.2) is 0 Å². The molecule has 20 heavy (non-hydrogen) atoms. The van der Waals surface area contributed by atoms with Gasteiger partial charge in [-0.2, -0.15) is 0 Å². The Morgan fingerprint density at radius 2 is 2.00 bits per heavy atom. The molecule has 0 fully saturated rings. The van der Waals surface area contributed by atoms with Gasteiger partial charge in [0, 0.05) is 0 Å². The fourth-order valence-corrected chi connectivity index (χ4v) is 1.84. The second kappa shape index (κ2) is 6.39. The molecular weight excluding hydrogens is 283 g/mol. The average molecular weight is 295 g/mol.